The van der Waals surface area contributed by atoms with Crippen molar-refractivity contribution < 1.29 is 4.74 Å². The van der Waals surface area contributed by atoms with Crippen molar-refractivity contribution in [1.82, 2.24) is 0 Å². The van der Waals surface area contributed by atoms with Gasteiger partial charge in [0.25, 0.3) is 0 Å². The molecule has 0 amide bonds. The molecule has 0 fully saturated rings. The standard InChI is InChI=1S/C17H13ClOS/c1-19-14-7-9-17-13(10-14)11-15(20-17)8-6-12-4-2-3-5-16(12)18/h2-11H,1H3/b8-6+. The van der Waals surface area contributed by atoms with Gasteiger partial charge in [-0.1, -0.05) is 35.9 Å². The van der Waals surface area contributed by atoms with Crippen molar-refractivity contribution in [2.75, 3.05) is 7.11 Å². The summed E-state index contributed by atoms with van der Waals surface area (Å²) >= 11 is 7.90. The maximum atomic E-state index is 6.14. The molecule has 0 aliphatic heterocycles. The fraction of sp³-hybridized carbons (Fsp3) is 0.0588. The number of hydrogen-bond donors (Lipinski definition) is 0. The third-order valence-electron chi connectivity index (χ3n) is 3.07. The molecule has 0 bridgehead atoms. The lowest BCUT2D eigenvalue weighted by molar-refractivity contribution is 0.415. The summed E-state index contributed by atoms with van der Waals surface area (Å²) in [4.78, 5) is 1.20. The summed E-state index contributed by atoms with van der Waals surface area (Å²) in [5, 5.41) is 1.97. The maximum Gasteiger partial charge on any atom is 0.119 e. The second-order valence-electron chi connectivity index (χ2n) is 4.41. The van der Waals surface area contributed by atoms with Crippen LogP contribution in [0.15, 0.2) is 48.5 Å². The summed E-state index contributed by atoms with van der Waals surface area (Å²) in [5.41, 5.74) is 1.03. The van der Waals surface area contributed by atoms with Crippen LogP contribution in [0.3, 0.4) is 0 Å². The lowest BCUT2D eigenvalue weighted by Gasteiger charge is -1.97. The van der Waals surface area contributed by atoms with Gasteiger partial charge in [0.15, 0.2) is 0 Å². The second kappa shape index (κ2) is 5.70. The van der Waals surface area contributed by atoms with E-state index in [1.165, 1.54) is 15.0 Å². The number of hydrogen-bond acceptors (Lipinski definition) is 2. The van der Waals surface area contributed by atoms with Gasteiger partial charge in [0.1, 0.15) is 5.75 Å². The molecule has 0 radical (unpaired) electrons. The maximum absolute atomic E-state index is 6.14. The minimum Gasteiger partial charge on any atom is -0.497 e. The van der Waals surface area contributed by atoms with E-state index in [9.17, 15) is 0 Å². The van der Waals surface area contributed by atoms with Gasteiger partial charge in [0.2, 0.25) is 0 Å². The van der Waals surface area contributed by atoms with Crippen LogP contribution in [0.5, 0.6) is 5.75 Å². The van der Waals surface area contributed by atoms with Gasteiger partial charge in [-0.25, -0.2) is 0 Å². The SMILES string of the molecule is COc1ccc2sc(/C=C/c3ccccc3Cl)cc2c1. The molecule has 20 heavy (non-hydrogen) atoms. The second-order valence-corrected chi connectivity index (χ2v) is 5.93. The molecule has 3 aromatic rings. The van der Waals surface area contributed by atoms with Gasteiger partial charge in [-0.05, 0) is 47.4 Å². The van der Waals surface area contributed by atoms with Crippen molar-refractivity contribution in [3.63, 3.8) is 0 Å². The molecule has 3 heteroatoms. The Labute approximate surface area is 127 Å². The molecule has 0 atom stereocenters. The predicted octanol–water partition coefficient (Wildman–Crippen LogP) is 5.73. The van der Waals surface area contributed by atoms with E-state index in [0.717, 1.165) is 16.3 Å². The Bertz CT molecular complexity index is 774. The molecule has 0 unspecified atom stereocenters. The van der Waals surface area contributed by atoms with Gasteiger partial charge in [-0.2, -0.15) is 0 Å². The van der Waals surface area contributed by atoms with Crippen LogP contribution >= 0.6 is 22.9 Å². The Kier molecular flexibility index (Phi) is 3.77. The highest BCUT2D eigenvalue weighted by atomic mass is 35.5. The van der Waals surface area contributed by atoms with E-state index in [4.69, 9.17) is 16.3 Å². The Morgan fingerprint density at radius 3 is 2.70 bits per heavy atom. The van der Waals surface area contributed by atoms with E-state index in [1.807, 2.05) is 36.4 Å². The number of benzene rings is 2. The molecule has 1 aromatic heterocycles. The first kappa shape index (κ1) is 13.2. The molecular formula is C17H13ClOS. The average molecular weight is 301 g/mol. The van der Waals surface area contributed by atoms with Gasteiger partial charge in [-0.15, -0.1) is 11.3 Å². The van der Waals surface area contributed by atoms with Crippen molar-refractivity contribution in [1.29, 1.82) is 0 Å². The van der Waals surface area contributed by atoms with Crippen LogP contribution < -0.4 is 4.74 Å². The number of rotatable bonds is 3. The zero-order valence-electron chi connectivity index (χ0n) is 11.0. The number of thiophene rings is 1. The summed E-state index contributed by atoms with van der Waals surface area (Å²) < 4.78 is 6.50. The summed E-state index contributed by atoms with van der Waals surface area (Å²) in [6.45, 7) is 0. The van der Waals surface area contributed by atoms with E-state index >= 15 is 0 Å². The van der Waals surface area contributed by atoms with Crippen LogP contribution in [0.4, 0.5) is 0 Å². The van der Waals surface area contributed by atoms with Crippen molar-refractivity contribution in [3.05, 3.63) is 64.0 Å². The van der Waals surface area contributed by atoms with Crippen molar-refractivity contribution in [3.8, 4) is 5.75 Å². The summed E-state index contributed by atoms with van der Waals surface area (Å²) in [6, 6.07) is 16.1. The Balaban J connectivity index is 1.93. The normalized spacial score (nSPS) is 11.3. The fourth-order valence-corrected chi connectivity index (χ4v) is 3.18. The zero-order chi connectivity index (χ0) is 13.9. The van der Waals surface area contributed by atoms with Gasteiger partial charge in [0.05, 0.1) is 7.11 Å². The van der Waals surface area contributed by atoms with Crippen molar-refractivity contribution >= 4 is 45.2 Å². The first-order valence-corrected chi connectivity index (χ1v) is 7.46. The first-order valence-electron chi connectivity index (χ1n) is 6.26. The van der Waals surface area contributed by atoms with E-state index < -0.39 is 0 Å². The molecule has 0 saturated carbocycles. The molecule has 100 valence electrons. The highest BCUT2D eigenvalue weighted by Crippen LogP contribution is 2.30. The quantitative estimate of drug-likeness (QED) is 0.600. The fourth-order valence-electron chi connectivity index (χ4n) is 2.03. The third-order valence-corrected chi connectivity index (χ3v) is 4.50. The number of fused-ring (bicyclic) bond motifs is 1. The minimum absolute atomic E-state index is 0.770. The highest BCUT2D eigenvalue weighted by molar-refractivity contribution is 7.19. The van der Waals surface area contributed by atoms with Crippen LogP contribution in [0.2, 0.25) is 5.02 Å². The Hall–Kier alpha value is -1.77. The first-order chi connectivity index (χ1) is 9.76. The Morgan fingerprint density at radius 2 is 1.90 bits per heavy atom. The van der Waals surface area contributed by atoms with Gasteiger partial charge < -0.3 is 4.74 Å². The molecule has 0 aliphatic carbocycles. The highest BCUT2D eigenvalue weighted by Gasteiger charge is 2.01. The van der Waals surface area contributed by atoms with Crippen LogP contribution in [-0.2, 0) is 0 Å². The van der Waals surface area contributed by atoms with Crippen LogP contribution in [0.1, 0.15) is 10.4 Å². The van der Waals surface area contributed by atoms with E-state index in [2.05, 4.69) is 24.3 Å². The molecule has 2 aromatic carbocycles. The van der Waals surface area contributed by atoms with Crippen LogP contribution in [-0.4, -0.2) is 7.11 Å². The number of methoxy groups -OCH3 is 1. The molecule has 1 heterocycles. The van der Waals surface area contributed by atoms with E-state index in [0.29, 0.717) is 0 Å². The third kappa shape index (κ3) is 2.72. The molecule has 0 aliphatic rings. The van der Waals surface area contributed by atoms with E-state index in [-0.39, 0.29) is 0 Å². The zero-order valence-corrected chi connectivity index (χ0v) is 12.5. The summed E-state index contributed by atoms with van der Waals surface area (Å²) in [5.74, 6) is 0.886. The monoisotopic (exact) mass is 300 g/mol. The lowest BCUT2D eigenvalue weighted by atomic mass is 10.2. The van der Waals surface area contributed by atoms with Gasteiger partial charge in [0, 0.05) is 14.6 Å². The van der Waals surface area contributed by atoms with Gasteiger partial charge >= 0.3 is 0 Å². The molecule has 0 spiro atoms. The minimum atomic E-state index is 0.770. The number of ether oxygens (including phenoxy) is 1. The lowest BCUT2D eigenvalue weighted by Crippen LogP contribution is -1.79. The van der Waals surface area contributed by atoms with Crippen LogP contribution in [0.25, 0.3) is 22.2 Å². The summed E-state index contributed by atoms with van der Waals surface area (Å²) in [6.07, 6.45) is 4.14. The van der Waals surface area contributed by atoms with Gasteiger partial charge in [-0.3, -0.25) is 0 Å². The van der Waals surface area contributed by atoms with Crippen molar-refractivity contribution in [2.45, 2.75) is 0 Å². The average Bonchev–Trinajstić information content (AvgIpc) is 2.88. The predicted molar refractivity (Wildman–Crippen MR) is 88.8 cm³/mol. The topological polar surface area (TPSA) is 9.23 Å². The van der Waals surface area contributed by atoms with E-state index in [1.54, 1.807) is 18.4 Å². The van der Waals surface area contributed by atoms with Crippen LogP contribution in [0, 0.1) is 0 Å². The Morgan fingerprint density at radius 1 is 1.05 bits per heavy atom. The molecule has 3 rings (SSSR count). The molecule has 1 nitrogen and oxygen atoms in total. The summed E-state index contributed by atoms with van der Waals surface area (Å²) in [7, 11) is 1.69. The largest absolute Gasteiger partial charge is 0.497 e. The molecule has 0 N–H and O–H groups in total. The smallest absolute Gasteiger partial charge is 0.119 e. The molecular weight excluding hydrogens is 288 g/mol. The number of halogens is 1. The van der Waals surface area contributed by atoms with Crippen molar-refractivity contribution in [2.24, 2.45) is 0 Å². The molecule has 0 saturated heterocycles.